The van der Waals surface area contributed by atoms with Crippen LogP contribution in [0.25, 0.3) is 0 Å². The maximum absolute atomic E-state index is 12.5. The minimum absolute atomic E-state index is 0.0462. The van der Waals surface area contributed by atoms with Gasteiger partial charge < -0.3 is 10.2 Å². The maximum atomic E-state index is 12.5. The quantitative estimate of drug-likeness (QED) is 0.757. The first-order valence-electron chi connectivity index (χ1n) is 6.93. The molecule has 2 heterocycles. The van der Waals surface area contributed by atoms with E-state index in [0.717, 1.165) is 0 Å². The molecular formula is C12H22N2O5S. The van der Waals surface area contributed by atoms with E-state index in [9.17, 15) is 18.3 Å². The van der Waals surface area contributed by atoms with E-state index in [1.165, 1.54) is 8.61 Å². The van der Waals surface area contributed by atoms with Gasteiger partial charge in [-0.3, -0.25) is 4.79 Å². The summed E-state index contributed by atoms with van der Waals surface area (Å²) >= 11 is 0. The molecule has 8 heteroatoms. The summed E-state index contributed by atoms with van der Waals surface area (Å²) in [6, 6.07) is 0. The highest BCUT2D eigenvalue weighted by Crippen LogP contribution is 2.27. The fourth-order valence-corrected chi connectivity index (χ4v) is 4.41. The van der Waals surface area contributed by atoms with Crippen LogP contribution in [0.1, 0.15) is 32.6 Å². The summed E-state index contributed by atoms with van der Waals surface area (Å²) in [5.74, 6) is -1.56. The molecule has 0 bridgehead atoms. The van der Waals surface area contributed by atoms with Crippen molar-refractivity contribution in [3.63, 3.8) is 0 Å². The first-order chi connectivity index (χ1) is 9.22. The number of carboxylic acid groups (broad SMARTS) is 1. The van der Waals surface area contributed by atoms with Gasteiger partial charge in [-0.1, -0.05) is 0 Å². The Balaban J connectivity index is 2.05. The van der Waals surface area contributed by atoms with Gasteiger partial charge in [0.25, 0.3) is 10.2 Å². The lowest BCUT2D eigenvalue weighted by Crippen LogP contribution is -2.53. The first-order valence-corrected chi connectivity index (χ1v) is 8.32. The zero-order valence-corrected chi connectivity index (χ0v) is 12.5. The van der Waals surface area contributed by atoms with Gasteiger partial charge in [-0.15, -0.1) is 0 Å². The molecule has 0 aromatic carbocycles. The van der Waals surface area contributed by atoms with Gasteiger partial charge >= 0.3 is 5.97 Å². The van der Waals surface area contributed by atoms with Crippen molar-refractivity contribution in [1.29, 1.82) is 0 Å². The molecule has 0 radical (unpaired) electrons. The van der Waals surface area contributed by atoms with Crippen LogP contribution in [-0.2, 0) is 15.0 Å². The van der Waals surface area contributed by atoms with Crippen LogP contribution >= 0.6 is 0 Å². The van der Waals surface area contributed by atoms with Crippen molar-refractivity contribution in [2.75, 3.05) is 26.2 Å². The van der Waals surface area contributed by atoms with E-state index in [-0.39, 0.29) is 19.6 Å². The van der Waals surface area contributed by atoms with Crippen molar-refractivity contribution in [3.05, 3.63) is 0 Å². The second-order valence-electron chi connectivity index (χ2n) is 5.94. The Morgan fingerprint density at radius 3 is 2.35 bits per heavy atom. The van der Waals surface area contributed by atoms with E-state index in [4.69, 9.17) is 5.11 Å². The fraction of sp³-hybridized carbons (Fsp3) is 0.917. The highest BCUT2D eigenvalue weighted by Gasteiger charge is 2.39. The van der Waals surface area contributed by atoms with E-state index in [0.29, 0.717) is 32.2 Å². The van der Waals surface area contributed by atoms with E-state index < -0.39 is 27.7 Å². The smallest absolute Gasteiger partial charge is 0.307 e. The molecule has 1 atom stereocenters. The predicted octanol–water partition coefficient (Wildman–Crippen LogP) is -0.125. The number of nitrogens with zero attached hydrogens (tertiary/aromatic N) is 2. The van der Waals surface area contributed by atoms with Gasteiger partial charge in [0.15, 0.2) is 0 Å². The number of hydrogen-bond donors (Lipinski definition) is 2. The van der Waals surface area contributed by atoms with Crippen molar-refractivity contribution < 1.29 is 23.4 Å². The topological polar surface area (TPSA) is 98.2 Å². The number of rotatable bonds is 3. The molecule has 116 valence electrons. The molecular weight excluding hydrogens is 284 g/mol. The first kappa shape index (κ1) is 15.7. The van der Waals surface area contributed by atoms with E-state index in [1.54, 1.807) is 6.92 Å². The van der Waals surface area contributed by atoms with Gasteiger partial charge in [-0.25, -0.2) is 0 Å². The molecule has 2 aliphatic heterocycles. The summed E-state index contributed by atoms with van der Waals surface area (Å²) in [4.78, 5) is 11.0. The van der Waals surface area contributed by atoms with Crippen molar-refractivity contribution in [1.82, 2.24) is 8.61 Å². The average Bonchev–Trinajstić information content (AvgIpc) is 2.38. The maximum Gasteiger partial charge on any atom is 0.307 e. The Hall–Kier alpha value is -0.700. The Bertz CT molecular complexity index is 466. The molecule has 20 heavy (non-hydrogen) atoms. The SMILES string of the molecule is CC1(O)CCN(S(=O)(=O)N2CCCC(C(=O)O)C2)CC1. The lowest BCUT2D eigenvalue weighted by atomic mass is 9.95. The van der Waals surface area contributed by atoms with Crippen LogP contribution in [0.5, 0.6) is 0 Å². The van der Waals surface area contributed by atoms with Crippen LogP contribution in [0.2, 0.25) is 0 Å². The molecule has 1 unspecified atom stereocenters. The Labute approximate surface area is 119 Å². The third-order valence-corrected chi connectivity index (χ3v) is 6.19. The van der Waals surface area contributed by atoms with Gasteiger partial charge in [-0.05, 0) is 32.6 Å². The molecule has 0 aromatic rings. The zero-order valence-electron chi connectivity index (χ0n) is 11.7. The minimum atomic E-state index is -3.61. The normalized spacial score (nSPS) is 29.2. The van der Waals surface area contributed by atoms with Crippen LogP contribution in [-0.4, -0.2) is 65.0 Å². The van der Waals surface area contributed by atoms with Crippen LogP contribution < -0.4 is 0 Å². The highest BCUT2D eigenvalue weighted by molar-refractivity contribution is 7.86. The number of carboxylic acids is 1. The summed E-state index contributed by atoms with van der Waals surface area (Å²) in [7, 11) is -3.61. The van der Waals surface area contributed by atoms with E-state index in [1.807, 2.05) is 0 Å². The van der Waals surface area contributed by atoms with Crippen molar-refractivity contribution in [3.8, 4) is 0 Å². The summed E-state index contributed by atoms with van der Waals surface area (Å²) in [6.45, 7) is 2.69. The molecule has 0 saturated carbocycles. The molecule has 0 aromatic heterocycles. The summed E-state index contributed by atoms with van der Waals surface area (Å²) in [6.07, 6.45) is 1.91. The van der Waals surface area contributed by atoms with E-state index in [2.05, 4.69) is 0 Å². The summed E-state index contributed by atoms with van der Waals surface area (Å²) in [5, 5.41) is 18.9. The largest absolute Gasteiger partial charge is 0.481 e. The van der Waals surface area contributed by atoms with Crippen LogP contribution in [0.4, 0.5) is 0 Å². The Morgan fingerprint density at radius 1 is 1.20 bits per heavy atom. The zero-order chi connectivity index (χ0) is 15.0. The van der Waals surface area contributed by atoms with Crippen LogP contribution in [0.3, 0.4) is 0 Å². The molecule has 2 aliphatic rings. The third kappa shape index (κ3) is 3.30. The van der Waals surface area contributed by atoms with Gasteiger partial charge in [-0.2, -0.15) is 17.0 Å². The molecule has 2 saturated heterocycles. The fourth-order valence-electron chi connectivity index (χ4n) is 2.72. The molecule has 0 amide bonds. The Morgan fingerprint density at radius 2 is 1.80 bits per heavy atom. The second kappa shape index (κ2) is 5.59. The predicted molar refractivity (Wildman–Crippen MR) is 72.3 cm³/mol. The lowest BCUT2D eigenvalue weighted by molar-refractivity contribution is -0.142. The molecule has 7 nitrogen and oxygen atoms in total. The number of aliphatic carboxylic acids is 1. The summed E-state index contributed by atoms with van der Waals surface area (Å²) < 4.78 is 27.6. The second-order valence-corrected chi connectivity index (χ2v) is 7.87. The van der Waals surface area contributed by atoms with Crippen molar-refractivity contribution >= 4 is 16.2 Å². The standard InChI is InChI=1S/C12H22N2O5S/c1-12(17)4-7-13(8-5-12)20(18,19)14-6-2-3-10(9-14)11(15)16/h10,17H,2-9H2,1H3,(H,15,16). The molecule has 0 aliphatic carbocycles. The highest BCUT2D eigenvalue weighted by atomic mass is 32.2. The minimum Gasteiger partial charge on any atom is -0.481 e. The van der Waals surface area contributed by atoms with Gasteiger partial charge in [0.1, 0.15) is 0 Å². The van der Waals surface area contributed by atoms with Crippen LogP contribution in [0.15, 0.2) is 0 Å². The average molecular weight is 306 g/mol. The molecule has 0 spiro atoms. The number of piperidine rings is 2. The number of hydrogen-bond acceptors (Lipinski definition) is 4. The number of carbonyl (C=O) groups is 1. The van der Waals surface area contributed by atoms with Gasteiger partial charge in [0, 0.05) is 26.2 Å². The molecule has 2 fully saturated rings. The third-order valence-electron chi connectivity index (χ3n) is 4.19. The van der Waals surface area contributed by atoms with Gasteiger partial charge in [0.2, 0.25) is 0 Å². The van der Waals surface area contributed by atoms with Crippen molar-refractivity contribution in [2.45, 2.75) is 38.2 Å². The monoisotopic (exact) mass is 306 g/mol. The lowest BCUT2D eigenvalue weighted by Gasteiger charge is -2.39. The molecule has 2 rings (SSSR count). The van der Waals surface area contributed by atoms with Crippen LogP contribution in [0, 0.1) is 5.92 Å². The van der Waals surface area contributed by atoms with Crippen molar-refractivity contribution in [2.24, 2.45) is 5.92 Å². The summed E-state index contributed by atoms with van der Waals surface area (Å²) in [5.41, 5.74) is -0.808. The van der Waals surface area contributed by atoms with Gasteiger partial charge in [0.05, 0.1) is 11.5 Å². The number of aliphatic hydroxyl groups is 1. The molecule has 2 N–H and O–H groups in total. The Kier molecular flexibility index (Phi) is 4.38. The van der Waals surface area contributed by atoms with E-state index >= 15 is 0 Å².